The number of nitrogens with zero attached hydrogens (tertiary/aromatic N) is 4. The highest BCUT2D eigenvalue weighted by molar-refractivity contribution is 5.93. The zero-order valence-corrected chi connectivity index (χ0v) is 18.5. The zero-order valence-electron chi connectivity index (χ0n) is 18.5. The normalized spacial score (nSPS) is 18.6. The Kier molecular flexibility index (Phi) is 6.83. The minimum absolute atomic E-state index is 0.0204. The molecule has 3 heterocycles. The smallest absolute Gasteiger partial charge is 0.257 e. The second kappa shape index (κ2) is 9.82. The van der Waals surface area contributed by atoms with E-state index in [9.17, 15) is 27.6 Å². The van der Waals surface area contributed by atoms with Crippen molar-refractivity contribution in [2.24, 2.45) is 0 Å². The Morgan fingerprint density at radius 1 is 1.23 bits per heavy atom. The van der Waals surface area contributed by atoms with Crippen molar-refractivity contribution in [3.05, 3.63) is 72.3 Å². The first kappa shape index (κ1) is 24.3. The lowest BCUT2D eigenvalue weighted by molar-refractivity contribution is -0.904. The Morgan fingerprint density at radius 3 is 2.63 bits per heavy atom. The molecule has 1 amide bonds. The molecule has 12 heteroatoms. The third kappa shape index (κ3) is 5.65. The lowest BCUT2D eigenvalue weighted by Gasteiger charge is -2.40. The first-order valence-electron chi connectivity index (χ1n) is 10.7. The van der Waals surface area contributed by atoms with Crippen LogP contribution in [0, 0.1) is 11.6 Å². The number of ether oxygens (including phenoxy) is 1. The maximum atomic E-state index is 14.6. The van der Waals surface area contributed by atoms with Crippen molar-refractivity contribution in [2.45, 2.75) is 31.2 Å². The highest BCUT2D eigenvalue weighted by Gasteiger charge is 2.46. The first-order valence-corrected chi connectivity index (χ1v) is 10.7. The predicted molar refractivity (Wildman–Crippen MR) is 114 cm³/mol. The number of alkyl halides is 2. The van der Waals surface area contributed by atoms with Crippen LogP contribution >= 0.6 is 0 Å². The molecule has 0 unspecified atom stereocenters. The van der Waals surface area contributed by atoms with Gasteiger partial charge in [-0.05, 0) is 24.6 Å². The van der Waals surface area contributed by atoms with Gasteiger partial charge in [-0.1, -0.05) is 0 Å². The molecule has 2 atom stereocenters. The lowest BCUT2D eigenvalue weighted by atomic mass is 9.87. The van der Waals surface area contributed by atoms with Crippen LogP contribution in [0.3, 0.4) is 0 Å². The molecule has 0 radical (unpaired) electrons. The molecule has 1 aromatic carbocycles. The van der Waals surface area contributed by atoms with Gasteiger partial charge in [0.1, 0.15) is 5.82 Å². The van der Waals surface area contributed by atoms with Gasteiger partial charge in [0.05, 0.1) is 24.4 Å². The lowest BCUT2D eigenvalue weighted by Crippen LogP contribution is -2.52. The van der Waals surface area contributed by atoms with Gasteiger partial charge >= 0.3 is 0 Å². The number of halogens is 4. The number of pyridine rings is 1. The summed E-state index contributed by atoms with van der Waals surface area (Å²) in [7, 11) is 0. The minimum Gasteiger partial charge on any atom is -0.434 e. The van der Waals surface area contributed by atoms with E-state index < -0.39 is 41.8 Å². The van der Waals surface area contributed by atoms with Crippen molar-refractivity contribution in [3.63, 3.8) is 0 Å². The molecule has 1 fully saturated rings. The third-order valence-electron chi connectivity index (χ3n) is 5.82. The topological polar surface area (TPSA) is 91.5 Å². The minimum atomic E-state index is -2.96. The van der Waals surface area contributed by atoms with Crippen LogP contribution in [0.15, 0.2) is 55.1 Å². The standard InChI is InChI=1S/C23H21F4N5O3/c1-14(31-9-6-23(26,27)17(13-31)15-4-7-32(34)8-5-15)22(33)30-20-11-29-21(12-28-20)35-19-3-2-16(24)10-18(19)25/h2-5,7-8,10-12,14,17H,6,9,13H2,1H3,(H-,28,30,33,34)/p+1/t14-,17+/m0/s1. The van der Waals surface area contributed by atoms with Crippen LogP contribution in [0.1, 0.15) is 24.8 Å². The number of benzene rings is 1. The van der Waals surface area contributed by atoms with Gasteiger partial charge in [0, 0.05) is 42.4 Å². The Morgan fingerprint density at radius 2 is 1.97 bits per heavy atom. The van der Waals surface area contributed by atoms with Crippen LogP contribution in [-0.2, 0) is 4.79 Å². The highest BCUT2D eigenvalue weighted by Crippen LogP contribution is 2.40. The van der Waals surface area contributed by atoms with Crippen LogP contribution in [0.4, 0.5) is 23.4 Å². The maximum absolute atomic E-state index is 14.6. The third-order valence-corrected chi connectivity index (χ3v) is 5.82. The number of anilines is 1. The summed E-state index contributed by atoms with van der Waals surface area (Å²) in [5.41, 5.74) is 0.358. The number of nitrogens with one attached hydrogen (secondary N) is 1. The van der Waals surface area contributed by atoms with Crippen molar-refractivity contribution in [3.8, 4) is 11.6 Å². The molecule has 35 heavy (non-hydrogen) atoms. The number of amides is 1. The molecule has 0 saturated carbocycles. The maximum Gasteiger partial charge on any atom is 0.257 e. The van der Waals surface area contributed by atoms with Crippen LogP contribution in [0.2, 0.25) is 0 Å². The summed E-state index contributed by atoms with van der Waals surface area (Å²) in [5.74, 6) is -6.46. The monoisotopic (exact) mass is 492 g/mol. The largest absolute Gasteiger partial charge is 0.434 e. The fourth-order valence-electron chi connectivity index (χ4n) is 3.79. The summed E-state index contributed by atoms with van der Waals surface area (Å²) in [4.78, 5) is 22.4. The summed E-state index contributed by atoms with van der Waals surface area (Å²) in [6, 6.07) is 4.90. The molecule has 0 spiro atoms. The van der Waals surface area contributed by atoms with Crippen LogP contribution in [0.25, 0.3) is 0 Å². The quantitative estimate of drug-likeness (QED) is 0.311. The molecule has 0 bridgehead atoms. The van der Waals surface area contributed by atoms with Gasteiger partial charge < -0.3 is 10.1 Å². The molecule has 1 saturated heterocycles. The molecule has 1 aliphatic heterocycles. The van der Waals surface area contributed by atoms with Crippen molar-refractivity contribution in [1.82, 2.24) is 14.9 Å². The molecule has 4 rings (SSSR count). The number of hydrogen-bond donors (Lipinski definition) is 2. The molecular weight excluding hydrogens is 470 g/mol. The summed E-state index contributed by atoms with van der Waals surface area (Å²) < 4.78 is 61.9. The Labute approximate surface area is 197 Å². The van der Waals surface area contributed by atoms with Crippen molar-refractivity contribution >= 4 is 11.7 Å². The number of rotatable bonds is 6. The van der Waals surface area contributed by atoms with Crippen LogP contribution < -0.4 is 14.8 Å². The first-order chi connectivity index (χ1) is 16.6. The Bertz CT molecular complexity index is 1190. The number of piperidine rings is 1. The van der Waals surface area contributed by atoms with E-state index in [1.165, 1.54) is 30.7 Å². The van der Waals surface area contributed by atoms with Gasteiger partial charge in [-0.15, -0.1) is 0 Å². The molecule has 3 aromatic rings. The molecule has 184 valence electrons. The van der Waals surface area contributed by atoms with E-state index in [0.29, 0.717) is 11.6 Å². The molecular formula is C23H22F4N5O3+. The average molecular weight is 492 g/mol. The van der Waals surface area contributed by atoms with Gasteiger partial charge in [0.2, 0.25) is 24.2 Å². The SMILES string of the molecule is C[C@@H](C(=O)Nc1cnc(Oc2ccc(F)cc2F)cn1)N1CCC(F)(F)[C@@H](c2cc[n+](O)cc2)C1. The highest BCUT2D eigenvalue weighted by atomic mass is 19.3. The summed E-state index contributed by atoms with van der Waals surface area (Å²) in [6.07, 6.45) is 4.48. The zero-order chi connectivity index (χ0) is 25.2. The van der Waals surface area contributed by atoms with E-state index in [-0.39, 0.29) is 30.5 Å². The number of carbonyl (C=O) groups is 1. The summed E-state index contributed by atoms with van der Waals surface area (Å²) in [5, 5.41) is 11.9. The van der Waals surface area contributed by atoms with E-state index in [1.54, 1.807) is 11.8 Å². The van der Waals surface area contributed by atoms with Gasteiger partial charge in [-0.2, -0.15) is 0 Å². The van der Waals surface area contributed by atoms with Gasteiger partial charge in [0.15, 0.2) is 17.4 Å². The summed E-state index contributed by atoms with van der Waals surface area (Å²) in [6.45, 7) is 1.57. The van der Waals surface area contributed by atoms with Crippen LogP contribution in [0.5, 0.6) is 11.6 Å². The number of likely N-dealkylation sites (tertiary alicyclic amines) is 1. The molecule has 8 nitrogen and oxygen atoms in total. The molecule has 0 aliphatic carbocycles. The van der Waals surface area contributed by atoms with Crippen molar-refractivity contribution in [1.29, 1.82) is 0 Å². The van der Waals surface area contributed by atoms with Crippen molar-refractivity contribution in [2.75, 3.05) is 18.4 Å². The average Bonchev–Trinajstić information content (AvgIpc) is 2.82. The Balaban J connectivity index is 1.39. The fourth-order valence-corrected chi connectivity index (χ4v) is 3.79. The number of aromatic nitrogens is 3. The van der Waals surface area contributed by atoms with E-state index in [2.05, 4.69) is 15.3 Å². The van der Waals surface area contributed by atoms with Crippen molar-refractivity contribution < 1.29 is 37.0 Å². The molecule has 2 N–H and O–H groups in total. The summed E-state index contributed by atoms with van der Waals surface area (Å²) >= 11 is 0. The number of hydrogen-bond acceptors (Lipinski definition) is 6. The van der Waals surface area contributed by atoms with Gasteiger partial charge in [-0.25, -0.2) is 27.5 Å². The predicted octanol–water partition coefficient (Wildman–Crippen LogP) is 3.52. The van der Waals surface area contributed by atoms with Gasteiger partial charge in [0.25, 0.3) is 5.92 Å². The van der Waals surface area contributed by atoms with E-state index in [1.807, 2.05) is 0 Å². The molecule has 1 aliphatic rings. The van der Waals surface area contributed by atoms with E-state index in [4.69, 9.17) is 4.74 Å². The second-order valence-electron chi connectivity index (χ2n) is 8.15. The molecule has 2 aromatic heterocycles. The van der Waals surface area contributed by atoms with E-state index in [0.717, 1.165) is 23.1 Å². The second-order valence-corrected chi connectivity index (χ2v) is 8.15. The van der Waals surface area contributed by atoms with E-state index >= 15 is 0 Å². The number of carbonyl (C=O) groups excluding carboxylic acids is 1. The Hall–Kier alpha value is -3.80. The fraction of sp³-hybridized carbons (Fsp3) is 0.304. The van der Waals surface area contributed by atoms with Gasteiger partial charge in [-0.3, -0.25) is 14.9 Å². The van der Waals surface area contributed by atoms with Crippen LogP contribution in [-0.4, -0.2) is 51.0 Å².